The molecule has 7 heteroatoms. The van der Waals surface area contributed by atoms with Crippen molar-refractivity contribution < 1.29 is 14.3 Å². The van der Waals surface area contributed by atoms with Crippen LogP contribution in [0.5, 0.6) is 0 Å². The molecule has 0 saturated carbocycles. The molecule has 0 unspecified atom stereocenters. The number of fused-ring (bicyclic) bond motifs is 1. The van der Waals surface area contributed by atoms with Gasteiger partial charge in [0.05, 0.1) is 28.9 Å². The van der Waals surface area contributed by atoms with Crippen LogP contribution in [-0.2, 0) is 11.3 Å². The minimum atomic E-state index is -0.527. The molecule has 2 aromatic heterocycles. The lowest BCUT2D eigenvalue weighted by Crippen LogP contribution is -2.39. The van der Waals surface area contributed by atoms with Crippen molar-refractivity contribution in [2.45, 2.75) is 25.1 Å². The first-order valence-electron chi connectivity index (χ1n) is 7.76. The van der Waals surface area contributed by atoms with Crippen molar-refractivity contribution in [1.29, 1.82) is 0 Å². The van der Waals surface area contributed by atoms with Crippen LogP contribution >= 0.6 is 11.3 Å². The largest absolute Gasteiger partial charge is 0.457 e. The fourth-order valence-corrected chi connectivity index (χ4v) is 4.03. The Kier molecular flexibility index (Phi) is 3.84. The minimum absolute atomic E-state index is 0.376. The molecule has 1 aliphatic rings. The fourth-order valence-electron chi connectivity index (χ4n) is 3.11. The van der Waals surface area contributed by atoms with Gasteiger partial charge in [0.25, 0.3) is 0 Å². The summed E-state index contributed by atoms with van der Waals surface area (Å²) in [6.45, 7) is 0.861. The number of benzene rings is 1. The predicted octanol–water partition coefficient (Wildman–Crippen LogP) is 1.98. The normalized spacial score (nSPS) is 21.5. The monoisotopic (exact) mass is 343 g/mol. The first-order valence-corrected chi connectivity index (χ1v) is 8.58. The summed E-state index contributed by atoms with van der Waals surface area (Å²) in [4.78, 5) is 17.9. The van der Waals surface area contributed by atoms with E-state index in [0.29, 0.717) is 25.3 Å². The number of nitrogens with zero attached hydrogens (tertiary/aromatic N) is 2. The number of aromatic nitrogens is 1. The number of hydrogen-bond acceptors (Lipinski definition) is 6. The van der Waals surface area contributed by atoms with Crippen LogP contribution in [0.3, 0.4) is 0 Å². The van der Waals surface area contributed by atoms with Gasteiger partial charge in [-0.2, -0.15) is 0 Å². The van der Waals surface area contributed by atoms with Gasteiger partial charge in [-0.1, -0.05) is 12.1 Å². The number of carbonyl (C=O) groups excluding carboxylic acids is 1. The molecule has 3 heterocycles. The summed E-state index contributed by atoms with van der Waals surface area (Å²) >= 11 is 1.58. The smallest absolute Gasteiger partial charge is 0.234 e. The Bertz CT molecular complexity index is 855. The van der Waals surface area contributed by atoms with Gasteiger partial charge < -0.3 is 15.3 Å². The van der Waals surface area contributed by atoms with Crippen molar-refractivity contribution in [3.63, 3.8) is 0 Å². The Hall–Kier alpha value is -2.22. The summed E-state index contributed by atoms with van der Waals surface area (Å²) in [5, 5.41) is 10.6. The van der Waals surface area contributed by atoms with E-state index in [1.165, 1.54) is 0 Å². The maximum absolute atomic E-state index is 11.5. The number of para-hydroxylation sites is 1. The van der Waals surface area contributed by atoms with Crippen molar-refractivity contribution >= 4 is 27.5 Å². The molecule has 4 rings (SSSR count). The molecule has 0 spiro atoms. The van der Waals surface area contributed by atoms with Crippen molar-refractivity contribution in [3.8, 4) is 10.8 Å². The van der Waals surface area contributed by atoms with Gasteiger partial charge >= 0.3 is 0 Å². The van der Waals surface area contributed by atoms with E-state index in [4.69, 9.17) is 10.2 Å². The van der Waals surface area contributed by atoms with Gasteiger partial charge in [0.15, 0.2) is 10.8 Å². The Morgan fingerprint density at radius 3 is 3.00 bits per heavy atom. The number of furan rings is 1. The van der Waals surface area contributed by atoms with Crippen molar-refractivity contribution in [2.24, 2.45) is 5.73 Å². The number of β-amino-alcohol motifs (C(OH)–C–C–N with tert-alkyl or cyclic N) is 1. The highest BCUT2D eigenvalue weighted by Gasteiger charge is 2.35. The zero-order valence-electron chi connectivity index (χ0n) is 12.9. The minimum Gasteiger partial charge on any atom is -0.457 e. The quantitative estimate of drug-likeness (QED) is 0.755. The van der Waals surface area contributed by atoms with Crippen LogP contribution in [0.25, 0.3) is 21.0 Å². The van der Waals surface area contributed by atoms with Gasteiger partial charge in [-0.05, 0) is 30.7 Å². The Labute approximate surface area is 142 Å². The number of hydrogen-bond donors (Lipinski definition) is 2. The summed E-state index contributed by atoms with van der Waals surface area (Å²) in [6.07, 6.45) is -0.151. The molecule has 124 valence electrons. The average molecular weight is 343 g/mol. The molecule has 3 N–H and O–H groups in total. The molecule has 24 heavy (non-hydrogen) atoms. The molecule has 0 radical (unpaired) electrons. The molecular formula is C17H17N3O3S. The van der Waals surface area contributed by atoms with E-state index in [0.717, 1.165) is 21.0 Å². The molecule has 1 aromatic carbocycles. The maximum atomic E-state index is 11.5. The number of aliphatic hydroxyl groups is 1. The third-order valence-electron chi connectivity index (χ3n) is 4.24. The molecule has 1 saturated heterocycles. The Balaban J connectivity index is 1.55. The number of amides is 1. The summed E-state index contributed by atoms with van der Waals surface area (Å²) in [5.41, 5.74) is 6.36. The van der Waals surface area contributed by atoms with Gasteiger partial charge in [-0.25, -0.2) is 4.98 Å². The van der Waals surface area contributed by atoms with Gasteiger partial charge in [0.2, 0.25) is 5.91 Å². The van der Waals surface area contributed by atoms with E-state index in [1.807, 2.05) is 41.3 Å². The molecular weight excluding hydrogens is 326 g/mol. The number of carbonyl (C=O) groups is 1. The zero-order chi connectivity index (χ0) is 16.7. The van der Waals surface area contributed by atoms with Gasteiger partial charge in [-0.3, -0.25) is 9.69 Å². The highest BCUT2D eigenvalue weighted by atomic mass is 32.1. The second kappa shape index (κ2) is 6.01. The lowest BCUT2D eigenvalue weighted by molar-refractivity contribution is -0.122. The number of rotatable bonds is 4. The lowest BCUT2D eigenvalue weighted by Gasteiger charge is -2.19. The summed E-state index contributed by atoms with van der Waals surface area (Å²) in [7, 11) is 0. The summed E-state index contributed by atoms with van der Waals surface area (Å²) < 4.78 is 7.01. The lowest BCUT2D eigenvalue weighted by atomic mass is 10.2. The first-order chi connectivity index (χ1) is 11.6. The maximum Gasteiger partial charge on any atom is 0.234 e. The van der Waals surface area contributed by atoms with Gasteiger partial charge in [-0.15, -0.1) is 11.3 Å². The zero-order valence-corrected chi connectivity index (χ0v) is 13.7. The average Bonchev–Trinajstić information content (AvgIpc) is 3.25. The number of likely N-dealkylation sites (tertiary alicyclic amines) is 1. The molecule has 1 aliphatic heterocycles. The topological polar surface area (TPSA) is 92.6 Å². The first kappa shape index (κ1) is 15.3. The van der Waals surface area contributed by atoms with Crippen LogP contribution in [0.4, 0.5) is 0 Å². The molecule has 1 amide bonds. The third-order valence-corrected chi connectivity index (χ3v) is 5.29. The number of thiazole rings is 1. The Morgan fingerprint density at radius 2 is 2.21 bits per heavy atom. The predicted molar refractivity (Wildman–Crippen MR) is 91.3 cm³/mol. The summed E-state index contributed by atoms with van der Waals surface area (Å²) in [5.74, 6) is 1.02. The number of nitrogens with two attached hydrogens (primary N) is 1. The van der Waals surface area contributed by atoms with E-state index >= 15 is 0 Å². The molecule has 0 aliphatic carbocycles. The van der Waals surface area contributed by atoms with Crippen LogP contribution in [0.2, 0.25) is 0 Å². The van der Waals surface area contributed by atoms with E-state index in [2.05, 4.69) is 4.98 Å². The van der Waals surface area contributed by atoms with Crippen molar-refractivity contribution in [2.75, 3.05) is 6.54 Å². The second-order valence-corrected chi connectivity index (χ2v) is 7.02. The summed E-state index contributed by atoms with van der Waals surface area (Å²) in [6, 6.07) is 11.3. The van der Waals surface area contributed by atoms with Crippen LogP contribution in [0.1, 0.15) is 12.2 Å². The van der Waals surface area contributed by atoms with Crippen molar-refractivity contribution in [1.82, 2.24) is 9.88 Å². The molecule has 2 atom stereocenters. The molecule has 1 fully saturated rings. The van der Waals surface area contributed by atoms with E-state index in [1.54, 1.807) is 11.3 Å². The van der Waals surface area contributed by atoms with Gasteiger partial charge in [0, 0.05) is 6.54 Å². The number of primary amides is 1. The van der Waals surface area contributed by atoms with Gasteiger partial charge in [0.1, 0.15) is 5.76 Å². The van der Waals surface area contributed by atoms with Crippen LogP contribution in [-0.4, -0.2) is 39.6 Å². The fraction of sp³-hybridized carbons (Fsp3) is 0.294. The molecule has 3 aromatic rings. The molecule has 6 nitrogen and oxygen atoms in total. The third kappa shape index (κ3) is 2.82. The SMILES string of the molecule is NC(=O)[C@@H]1C[C@@H](O)CN1Cc1ccc(-c2nc3ccccc3s2)o1. The second-order valence-electron chi connectivity index (χ2n) is 5.99. The number of aliphatic hydroxyl groups excluding tert-OH is 1. The standard InChI is InChI=1S/C17H17N3O3S/c18-16(22)13-7-10(21)8-20(13)9-11-5-6-14(23-11)17-19-12-3-1-2-4-15(12)24-17/h1-6,10,13,21H,7-9H2,(H2,18,22)/t10-,13+/m1/s1. The van der Waals surface area contributed by atoms with Crippen LogP contribution < -0.4 is 5.73 Å². The Morgan fingerprint density at radius 1 is 1.38 bits per heavy atom. The highest BCUT2D eigenvalue weighted by molar-refractivity contribution is 7.21. The van der Waals surface area contributed by atoms with Crippen LogP contribution in [0, 0.1) is 0 Å². The van der Waals surface area contributed by atoms with E-state index < -0.39 is 18.1 Å². The van der Waals surface area contributed by atoms with E-state index in [9.17, 15) is 9.90 Å². The highest BCUT2D eigenvalue weighted by Crippen LogP contribution is 2.31. The van der Waals surface area contributed by atoms with E-state index in [-0.39, 0.29) is 0 Å². The molecule has 0 bridgehead atoms. The van der Waals surface area contributed by atoms with Crippen LogP contribution in [0.15, 0.2) is 40.8 Å². The van der Waals surface area contributed by atoms with Crippen molar-refractivity contribution in [3.05, 3.63) is 42.2 Å².